The third-order valence-electron chi connectivity index (χ3n) is 5.23. The van der Waals surface area contributed by atoms with Gasteiger partial charge in [-0.3, -0.25) is 4.90 Å². The number of benzene rings is 1. The average Bonchev–Trinajstić information content (AvgIpc) is 2.56. The minimum absolute atomic E-state index is 0.662. The summed E-state index contributed by atoms with van der Waals surface area (Å²) in [6, 6.07) is 9.74. The second-order valence-electron chi connectivity index (χ2n) is 7.06. The summed E-state index contributed by atoms with van der Waals surface area (Å²) in [5, 5.41) is 0. The van der Waals surface area contributed by atoms with Gasteiger partial charge in [-0.25, -0.2) is 0 Å². The molecule has 1 aliphatic carbocycles. The van der Waals surface area contributed by atoms with E-state index >= 15 is 0 Å². The Labute approximate surface area is 138 Å². The molecule has 1 heteroatoms. The van der Waals surface area contributed by atoms with E-state index in [0.717, 1.165) is 0 Å². The highest BCUT2D eigenvalue weighted by Gasteiger charge is 2.22. The van der Waals surface area contributed by atoms with Crippen molar-refractivity contribution in [2.75, 3.05) is 13.6 Å². The molecular weight excluding hydrogens is 266 g/mol. The van der Waals surface area contributed by atoms with Gasteiger partial charge in [0.05, 0.1) is 0 Å². The molecule has 2 rings (SSSR count). The van der Waals surface area contributed by atoms with Crippen LogP contribution in [0.1, 0.15) is 88.3 Å². The van der Waals surface area contributed by atoms with Gasteiger partial charge in [0.2, 0.25) is 0 Å². The Morgan fingerprint density at radius 1 is 0.955 bits per heavy atom. The first-order chi connectivity index (χ1) is 10.8. The summed E-state index contributed by atoms with van der Waals surface area (Å²) >= 11 is 0. The third-order valence-corrected chi connectivity index (χ3v) is 5.23. The van der Waals surface area contributed by atoms with Crippen LogP contribution in [0.4, 0.5) is 0 Å². The van der Waals surface area contributed by atoms with Gasteiger partial charge >= 0.3 is 0 Å². The van der Waals surface area contributed by atoms with Crippen molar-refractivity contribution in [2.45, 2.75) is 83.6 Å². The first kappa shape index (κ1) is 17.5. The van der Waals surface area contributed by atoms with E-state index in [1.54, 1.807) is 11.1 Å². The van der Waals surface area contributed by atoms with E-state index in [1.807, 2.05) is 0 Å². The molecule has 1 nitrogen and oxygen atoms in total. The van der Waals surface area contributed by atoms with Gasteiger partial charge in [0.1, 0.15) is 0 Å². The van der Waals surface area contributed by atoms with Gasteiger partial charge in [-0.15, -0.1) is 0 Å². The van der Waals surface area contributed by atoms with Gasteiger partial charge < -0.3 is 0 Å². The summed E-state index contributed by atoms with van der Waals surface area (Å²) in [6.45, 7) is 3.55. The van der Waals surface area contributed by atoms with Crippen LogP contribution >= 0.6 is 0 Å². The molecule has 0 aromatic heterocycles. The number of rotatable bonds is 10. The number of hydrogen-bond donors (Lipinski definition) is 0. The van der Waals surface area contributed by atoms with E-state index in [0.29, 0.717) is 6.04 Å². The Hall–Kier alpha value is -0.820. The summed E-state index contributed by atoms with van der Waals surface area (Å²) in [6.07, 6.45) is 15.3. The minimum atomic E-state index is 0.662. The van der Waals surface area contributed by atoms with Gasteiger partial charge in [0.15, 0.2) is 0 Å². The smallest absolute Gasteiger partial charge is 0.0347 e. The molecule has 0 fully saturated rings. The zero-order valence-electron chi connectivity index (χ0n) is 14.8. The van der Waals surface area contributed by atoms with Crippen molar-refractivity contribution in [3.05, 3.63) is 35.4 Å². The monoisotopic (exact) mass is 301 g/mol. The lowest BCUT2D eigenvalue weighted by Crippen LogP contribution is -2.28. The first-order valence-electron chi connectivity index (χ1n) is 9.61. The predicted octanol–water partition coefficient (Wildman–Crippen LogP) is 6.14. The molecule has 0 heterocycles. The number of nitrogens with zero attached hydrogens (tertiary/aromatic N) is 1. The van der Waals surface area contributed by atoms with Crippen LogP contribution in [0, 0.1) is 0 Å². The largest absolute Gasteiger partial charge is 0.299 e. The molecule has 0 spiro atoms. The normalized spacial score (nSPS) is 17.7. The molecule has 0 saturated carbocycles. The number of hydrogen-bond acceptors (Lipinski definition) is 1. The standard InChI is InChI=1S/C21H35N/c1-3-4-5-6-7-8-9-12-18-22(2)21-17-13-15-19-14-10-11-16-20(19)21/h10-11,14,16,21H,3-9,12-13,15,17-18H2,1-2H3. The predicted molar refractivity (Wildman–Crippen MR) is 97.4 cm³/mol. The zero-order chi connectivity index (χ0) is 15.6. The molecule has 0 N–H and O–H groups in total. The van der Waals surface area contributed by atoms with E-state index < -0.39 is 0 Å². The highest BCUT2D eigenvalue weighted by molar-refractivity contribution is 5.32. The number of aryl methyl sites for hydroxylation is 1. The molecule has 1 atom stereocenters. The fourth-order valence-electron chi connectivity index (χ4n) is 3.84. The summed E-state index contributed by atoms with van der Waals surface area (Å²) in [5.74, 6) is 0. The van der Waals surface area contributed by atoms with Crippen LogP contribution in [0.25, 0.3) is 0 Å². The van der Waals surface area contributed by atoms with Crippen molar-refractivity contribution >= 4 is 0 Å². The molecule has 1 aromatic rings. The quantitative estimate of drug-likeness (QED) is 0.469. The molecule has 1 aliphatic rings. The summed E-state index contributed by atoms with van der Waals surface area (Å²) in [7, 11) is 2.33. The van der Waals surface area contributed by atoms with Crippen molar-refractivity contribution in [3.8, 4) is 0 Å². The van der Waals surface area contributed by atoms with Crippen LogP contribution in [0.3, 0.4) is 0 Å². The number of unbranched alkanes of at least 4 members (excludes halogenated alkanes) is 7. The third kappa shape index (κ3) is 5.43. The molecule has 0 amide bonds. The highest BCUT2D eigenvalue weighted by atomic mass is 15.1. The van der Waals surface area contributed by atoms with Gasteiger partial charge in [-0.1, -0.05) is 76.1 Å². The van der Waals surface area contributed by atoms with Gasteiger partial charge in [0.25, 0.3) is 0 Å². The maximum atomic E-state index is 2.61. The Balaban J connectivity index is 1.65. The maximum absolute atomic E-state index is 2.61. The maximum Gasteiger partial charge on any atom is 0.0347 e. The lowest BCUT2D eigenvalue weighted by molar-refractivity contribution is 0.216. The molecule has 1 unspecified atom stereocenters. The zero-order valence-corrected chi connectivity index (χ0v) is 14.8. The molecule has 0 aliphatic heterocycles. The van der Waals surface area contributed by atoms with Crippen molar-refractivity contribution in [2.24, 2.45) is 0 Å². The van der Waals surface area contributed by atoms with E-state index in [9.17, 15) is 0 Å². The van der Waals surface area contributed by atoms with Crippen LogP contribution in [-0.2, 0) is 6.42 Å². The van der Waals surface area contributed by atoms with Crippen molar-refractivity contribution < 1.29 is 0 Å². The van der Waals surface area contributed by atoms with Gasteiger partial charge in [-0.05, 0) is 50.4 Å². The van der Waals surface area contributed by atoms with E-state index in [1.165, 1.54) is 77.2 Å². The second kappa shape index (κ2) is 10.0. The van der Waals surface area contributed by atoms with Gasteiger partial charge in [-0.2, -0.15) is 0 Å². The Bertz CT molecular complexity index is 412. The molecule has 0 saturated heterocycles. The Kier molecular flexibility index (Phi) is 8.01. The Morgan fingerprint density at radius 2 is 1.64 bits per heavy atom. The second-order valence-corrected chi connectivity index (χ2v) is 7.06. The average molecular weight is 302 g/mol. The lowest BCUT2D eigenvalue weighted by Gasteiger charge is -2.33. The molecule has 22 heavy (non-hydrogen) atoms. The van der Waals surface area contributed by atoms with Gasteiger partial charge in [0, 0.05) is 6.04 Å². The van der Waals surface area contributed by atoms with Crippen molar-refractivity contribution in [1.29, 1.82) is 0 Å². The fourth-order valence-corrected chi connectivity index (χ4v) is 3.84. The van der Waals surface area contributed by atoms with Crippen LogP contribution in [0.5, 0.6) is 0 Å². The van der Waals surface area contributed by atoms with Crippen molar-refractivity contribution in [1.82, 2.24) is 4.90 Å². The molecule has 0 radical (unpaired) electrons. The summed E-state index contributed by atoms with van der Waals surface area (Å²) < 4.78 is 0. The topological polar surface area (TPSA) is 3.24 Å². The highest BCUT2D eigenvalue weighted by Crippen LogP contribution is 2.33. The lowest BCUT2D eigenvalue weighted by atomic mass is 9.87. The number of fused-ring (bicyclic) bond motifs is 1. The molecule has 124 valence electrons. The fraction of sp³-hybridized carbons (Fsp3) is 0.714. The molecule has 0 bridgehead atoms. The van der Waals surface area contributed by atoms with Crippen LogP contribution < -0.4 is 0 Å². The van der Waals surface area contributed by atoms with E-state index in [4.69, 9.17) is 0 Å². The summed E-state index contributed by atoms with van der Waals surface area (Å²) in [5.41, 5.74) is 3.18. The minimum Gasteiger partial charge on any atom is -0.299 e. The first-order valence-corrected chi connectivity index (χ1v) is 9.61. The van der Waals surface area contributed by atoms with Crippen LogP contribution in [0.15, 0.2) is 24.3 Å². The van der Waals surface area contributed by atoms with Crippen molar-refractivity contribution in [3.63, 3.8) is 0 Å². The molecular formula is C21H35N. The van der Waals surface area contributed by atoms with Crippen LogP contribution in [-0.4, -0.2) is 18.5 Å². The SMILES string of the molecule is CCCCCCCCCCN(C)C1CCCc2ccccc21. The Morgan fingerprint density at radius 3 is 2.41 bits per heavy atom. The summed E-state index contributed by atoms with van der Waals surface area (Å²) in [4.78, 5) is 2.61. The van der Waals surface area contributed by atoms with Crippen LogP contribution in [0.2, 0.25) is 0 Å². The van der Waals surface area contributed by atoms with E-state index in [2.05, 4.69) is 43.1 Å². The van der Waals surface area contributed by atoms with E-state index in [-0.39, 0.29) is 0 Å². The molecule has 1 aromatic carbocycles.